The van der Waals surface area contributed by atoms with Gasteiger partial charge < -0.3 is 5.32 Å². The van der Waals surface area contributed by atoms with E-state index in [2.05, 4.69) is 26.1 Å². The Hall–Kier alpha value is -0.600. The molecule has 0 saturated carbocycles. The molecule has 0 atom stereocenters. The van der Waals surface area contributed by atoms with Crippen LogP contribution in [0.15, 0.2) is 18.2 Å². The van der Waals surface area contributed by atoms with Gasteiger partial charge in [0.05, 0.1) is 0 Å². The Morgan fingerprint density at radius 3 is 2.44 bits per heavy atom. The maximum atomic E-state index is 12.8. The van der Waals surface area contributed by atoms with Gasteiger partial charge >= 0.3 is 0 Å². The van der Waals surface area contributed by atoms with Crippen molar-refractivity contribution < 1.29 is 4.39 Å². The lowest BCUT2D eigenvalue weighted by Crippen LogP contribution is -2.40. The van der Waals surface area contributed by atoms with Gasteiger partial charge in [-0.25, -0.2) is 4.39 Å². The van der Waals surface area contributed by atoms with E-state index in [4.69, 9.17) is 11.6 Å². The zero-order valence-electron chi connectivity index (χ0n) is 10.1. The first kappa shape index (κ1) is 13.5. The summed E-state index contributed by atoms with van der Waals surface area (Å²) >= 11 is 5.96. The van der Waals surface area contributed by atoms with Crippen molar-refractivity contribution in [2.75, 3.05) is 0 Å². The molecule has 0 bridgehead atoms. The molecule has 3 heteroatoms. The van der Waals surface area contributed by atoms with Crippen LogP contribution in [0, 0.1) is 5.82 Å². The van der Waals surface area contributed by atoms with Crippen LogP contribution >= 0.6 is 11.6 Å². The Morgan fingerprint density at radius 1 is 1.31 bits per heavy atom. The van der Waals surface area contributed by atoms with E-state index in [-0.39, 0.29) is 11.4 Å². The van der Waals surface area contributed by atoms with Gasteiger partial charge in [-0.05, 0) is 37.5 Å². The van der Waals surface area contributed by atoms with Gasteiger partial charge in [-0.3, -0.25) is 0 Å². The van der Waals surface area contributed by atoms with Gasteiger partial charge in [0.15, 0.2) is 0 Å². The van der Waals surface area contributed by atoms with E-state index in [1.165, 1.54) is 12.1 Å². The minimum atomic E-state index is -0.289. The summed E-state index contributed by atoms with van der Waals surface area (Å²) in [6.07, 6.45) is 2.12. The van der Waals surface area contributed by atoms with Crippen LogP contribution in [0.1, 0.15) is 39.2 Å². The summed E-state index contributed by atoms with van der Waals surface area (Å²) in [5.74, 6) is -0.289. The number of halogens is 2. The monoisotopic (exact) mass is 243 g/mol. The summed E-state index contributed by atoms with van der Waals surface area (Å²) in [6.45, 7) is 7.17. The normalized spacial score (nSPS) is 11.8. The highest BCUT2D eigenvalue weighted by atomic mass is 35.5. The number of benzene rings is 1. The predicted molar refractivity (Wildman–Crippen MR) is 67.2 cm³/mol. The van der Waals surface area contributed by atoms with Gasteiger partial charge in [-0.1, -0.05) is 31.5 Å². The van der Waals surface area contributed by atoms with Crippen molar-refractivity contribution >= 4 is 11.6 Å². The largest absolute Gasteiger partial charge is 0.307 e. The molecule has 1 aromatic carbocycles. The molecule has 0 aliphatic heterocycles. The first-order chi connectivity index (χ1) is 7.50. The van der Waals surface area contributed by atoms with Crippen molar-refractivity contribution in [3.8, 4) is 0 Å². The van der Waals surface area contributed by atoms with Gasteiger partial charge in [0, 0.05) is 17.1 Å². The summed E-state index contributed by atoms with van der Waals surface area (Å²) in [6, 6.07) is 4.53. The molecule has 0 heterocycles. The molecular formula is C13H19ClFN. The van der Waals surface area contributed by atoms with Crippen molar-refractivity contribution in [3.05, 3.63) is 34.6 Å². The molecule has 1 aromatic rings. The second kappa shape index (κ2) is 5.65. The summed E-state index contributed by atoms with van der Waals surface area (Å²) in [7, 11) is 0. The minimum Gasteiger partial charge on any atom is -0.307 e. The highest BCUT2D eigenvalue weighted by molar-refractivity contribution is 6.31. The van der Waals surface area contributed by atoms with Crippen LogP contribution in [-0.4, -0.2) is 5.54 Å². The smallest absolute Gasteiger partial charge is 0.124 e. The second-order valence-corrected chi connectivity index (χ2v) is 4.76. The molecule has 0 unspecified atom stereocenters. The van der Waals surface area contributed by atoms with Gasteiger partial charge in [-0.2, -0.15) is 0 Å². The van der Waals surface area contributed by atoms with Crippen LogP contribution in [0.3, 0.4) is 0 Å². The summed E-state index contributed by atoms with van der Waals surface area (Å²) in [5.41, 5.74) is 1.06. The molecule has 1 rings (SSSR count). The van der Waals surface area contributed by atoms with E-state index in [1.807, 2.05) is 0 Å². The fourth-order valence-corrected chi connectivity index (χ4v) is 1.71. The van der Waals surface area contributed by atoms with Crippen molar-refractivity contribution in [3.63, 3.8) is 0 Å². The Morgan fingerprint density at radius 2 is 1.94 bits per heavy atom. The first-order valence-electron chi connectivity index (χ1n) is 5.69. The van der Waals surface area contributed by atoms with Crippen LogP contribution in [0.5, 0.6) is 0 Å². The van der Waals surface area contributed by atoms with Crippen LogP contribution in [-0.2, 0) is 6.54 Å². The van der Waals surface area contributed by atoms with Crippen LogP contribution in [0.4, 0.5) is 4.39 Å². The van der Waals surface area contributed by atoms with E-state index in [9.17, 15) is 4.39 Å². The number of hydrogen-bond donors (Lipinski definition) is 1. The third-order valence-electron chi connectivity index (χ3n) is 3.28. The molecule has 0 spiro atoms. The Kier molecular flexibility index (Phi) is 4.75. The second-order valence-electron chi connectivity index (χ2n) is 4.36. The third kappa shape index (κ3) is 3.46. The van der Waals surface area contributed by atoms with E-state index >= 15 is 0 Å². The maximum Gasteiger partial charge on any atom is 0.124 e. The van der Waals surface area contributed by atoms with Crippen molar-refractivity contribution in [2.45, 2.75) is 45.7 Å². The Labute approximate surface area is 102 Å². The highest BCUT2D eigenvalue weighted by Crippen LogP contribution is 2.20. The zero-order chi connectivity index (χ0) is 12.2. The lowest BCUT2D eigenvalue weighted by atomic mass is 9.95. The fourth-order valence-electron chi connectivity index (χ4n) is 1.47. The summed E-state index contributed by atoms with van der Waals surface area (Å²) < 4.78 is 12.8. The van der Waals surface area contributed by atoms with Gasteiger partial charge in [0.25, 0.3) is 0 Å². The van der Waals surface area contributed by atoms with Gasteiger partial charge in [0.1, 0.15) is 5.82 Å². The lowest BCUT2D eigenvalue weighted by molar-refractivity contribution is 0.329. The topological polar surface area (TPSA) is 12.0 Å². The SMILES string of the molecule is CCC(C)(CC)NCc1ccc(F)cc1Cl. The molecule has 1 nitrogen and oxygen atoms in total. The molecule has 0 aliphatic carbocycles. The summed E-state index contributed by atoms with van der Waals surface area (Å²) in [4.78, 5) is 0. The summed E-state index contributed by atoms with van der Waals surface area (Å²) in [5, 5.41) is 3.95. The third-order valence-corrected chi connectivity index (χ3v) is 3.63. The van der Waals surface area contributed by atoms with E-state index in [0.717, 1.165) is 18.4 Å². The molecule has 0 fully saturated rings. The molecular weight excluding hydrogens is 225 g/mol. The molecule has 0 amide bonds. The first-order valence-corrected chi connectivity index (χ1v) is 6.07. The van der Waals surface area contributed by atoms with Crippen LogP contribution in [0.2, 0.25) is 5.02 Å². The Balaban J connectivity index is 2.67. The zero-order valence-corrected chi connectivity index (χ0v) is 10.9. The van der Waals surface area contributed by atoms with Crippen LogP contribution in [0.25, 0.3) is 0 Å². The molecule has 0 saturated heterocycles. The lowest BCUT2D eigenvalue weighted by Gasteiger charge is -2.28. The molecule has 0 aromatic heterocycles. The van der Waals surface area contributed by atoms with Gasteiger partial charge in [-0.15, -0.1) is 0 Å². The molecule has 1 N–H and O–H groups in total. The van der Waals surface area contributed by atoms with E-state index in [1.54, 1.807) is 6.07 Å². The average Bonchev–Trinajstić information content (AvgIpc) is 2.27. The van der Waals surface area contributed by atoms with Crippen molar-refractivity contribution in [1.82, 2.24) is 5.32 Å². The molecule has 0 aliphatic rings. The van der Waals surface area contributed by atoms with E-state index in [0.29, 0.717) is 11.6 Å². The molecule has 90 valence electrons. The Bertz CT molecular complexity index is 348. The van der Waals surface area contributed by atoms with E-state index < -0.39 is 0 Å². The molecule has 16 heavy (non-hydrogen) atoms. The van der Waals surface area contributed by atoms with Crippen molar-refractivity contribution in [1.29, 1.82) is 0 Å². The number of nitrogens with one attached hydrogen (secondary N) is 1. The average molecular weight is 244 g/mol. The molecule has 0 radical (unpaired) electrons. The number of hydrogen-bond acceptors (Lipinski definition) is 1. The predicted octanol–water partition coefficient (Wildman–Crippen LogP) is 4.15. The highest BCUT2D eigenvalue weighted by Gasteiger charge is 2.18. The minimum absolute atomic E-state index is 0.123. The van der Waals surface area contributed by atoms with Crippen LogP contribution < -0.4 is 5.32 Å². The van der Waals surface area contributed by atoms with Crippen molar-refractivity contribution in [2.24, 2.45) is 0 Å². The standard InChI is InChI=1S/C13H19ClFN/c1-4-13(3,5-2)16-9-10-6-7-11(15)8-12(10)14/h6-8,16H,4-5,9H2,1-3H3. The fraction of sp³-hybridized carbons (Fsp3) is 0.538. The number of rotatable bonds is 5. The quantitative estimate of drug-likeness (QED) is 0.819. The maximum absolute atomic E-state index is 12.8. The van der Waals surface area contributed by atoms with Gasteiger partial charge in [0.2, 0.25) is 0 Å².